The number of para-hydroxylation sites is 2. The summed E-state index contributed by atoms with van der Waals surface area (Å²) in [5, 5.41) is 3.06. The second-order valence-electron chi connectivity index (χ2n) is 12.5. The third-order valence-corrected chi connectivity index (χ3v) is 9.91. The second-order valence-corrected chi connectivity index (χ2v) is 12.9. The molecule has 0 aliphatic carbocycles. The van der Waals surface area contributed by atoms with Crippen LogP contribution in [0.25, 0.3) is 11.0 Å². The number of alkyl halides is 3. The molecule has 0 spiro atoms. The average molecular weight is 678 g/mol. The van der Waals surface area contributed by atoms with E-state index in [0.717, 1.165) is 43.0 Å². The topological polar surface area (TPSA) is 129 Å². The number of nitrogen functional groups attached to an aromatic ring is 1. The zero-order valence-corrected chi connectivity index (χ0v) is 26.7. The van der Waals surface area contributed by atoms with E-state index in [2.05, 4.69) is 15.2 Å². The summed E-state index contributed by atoms with van der Waals surface area (Å²) in [4.78, 5) is 48.4. The summed E-state index contributed by atoms with van der Waals surface area (Å²) >= 11 is 6.08. The first-order chi connectivity index (χ1) is 22.5. The summed E-state index contributed by atoms with van der Waals surface area (Å²) in [6.07, 6.45) is -4.15. The van der Waals surface area contributed by atoms with Crippen LogP contribution in [0.2, 0.25) is 5.02 Å². The van der Waals surface area contributed by atoms with E-state index in [9.17, 15) is 27.6 Å². The van der Waals surface area contributed by atoms with Crippen molar-refractivity contribution in [1.82, 2.24) is 29.6 Å². The Kier molecular flexibility index (Phi) is 9.72. The van der Waals surface area contributed by atoms with E-state index in [1.807, 2.05) is 24.3 Å². The van der Waals surface area contributed by atoms with Gasteiger partial charge in [-0.25, -0.2) is 9.59 Å². The maximum atomic E-state index is 13.9. The SMILES string of the molecule is Nc1c(Cl)cc(C[C@@H](OC(=O)N2CCC(n3c(=O)[nH]c4ccccc43)CC2)C(=O)N2CCN(C3CCNCC3)CC2)cc1C(F)(F)F. The number of ether oxygens (including phenoxy) is 1. The third-order valence-electron chi connectivity index (χ3n) is 9.60. The van der Waals surface area contributed by atoms with Crippen LogP contribution in [0.3, 0.4) is 0 Å². The number of piperazine rings is 1. The van der Waals surface area contributed by atoms with Crippen LogP contribution in [0.5, 0.6) is 0 Å². The van der Waals surface area contributed by atoms with Crippen molar-refractivity contribution in [2.45, 2.75) is 56.5 Å². The standard InChI is InChI=1S/C32H39ClF3N7O4/c33-24-18-20(17-23(28(24)37)32(34,35)36)19-27(29(44)41-15-13-40(14-16-41)21-5-9-38-10-6-21)47-31(46)42-11-7-22(8-12-42)43-26-4-2-1-3-25(26)39-30(43)45/h1-4,17-18,21-22,27,38H,5-16,19,37H2,(H,39,45)/t27-/m1/s1. The number of H-pyrrole nitrogens is 1. The van der Waals surface area contributed by atoms with Crippen LogP contribution in [-0.4, -0.2) is 101 Å². The Morgan fingerprint density at radius 2 is 1.64 bits per heavy atom. The molecule has 11 nitrogen and oxygen atoms in total. The molecule has 15 heteroatoms. The van der Waals surface area contributed by atoms with Gasteiger partial charge in [0.05, 0.1) is 27.3 Å². The van der Waals surface area contributed by atoms with E-state index >= 15 is 0 Å². The monoisotopic (exact) mass is 677 g/mol. The molecule has 0 radical (unpaired) electrons. The van der Waals surface area contributed by atoms with Gasteiger partial charge in [-0.1, -0.05) is 23.7 Å². The highest BCUT2D eigenvalue weighted by Crippen LogP contribution is 2.38. The molecule has 3 aromatic rings. The normalized spacial score (nSPS) is 19.7. The zero-order chi connectivity index (χ0) is 33.3. The maximum Gasteiger partial charge on any atom is 0.418 e. The number of likely N-dealkylation sites (tertiary alicyclic amines) is 1. The van der Waals surface area contributed by atoms with Crippen molar-refractivity contribution in [3.8, 4) is 0 Å². The molecule has 0 unspecified atom stereocenters. The number of nitrogens with zero attached hydrogens (tertiary/aromatic N) is 4. The number of fused-ring (bicyclic) bond motifs is 1. The predicted octanol–water partition coefficient (Wildman–Crippen LogP) is 3.87. The van der Waals surface area contributed by atoms with Gasteiger partial charge in [-0.2, -0.15) is 13.2 Å². The Hall–Kier alpha value is -3.75. The second kappa shape index (κ2) is 13.8. The molecule has 0 saturated carbocycles. The number of carbonyl (C=O) groups is 2. The molecule has 4 heterocycles. The molecule has 47 heavy (non-hydrogen) atoms. The van der Waals surface area contributed by atoms with E-state index < -0.39 is 35.5 Å². The van der Waals surface area contributed by atoms with Gasteiger partial charge in [0.15, 0.2) is 6.10 Å². The molecule has 254 valence electrons. The number of amides is 2. The number of nitrogens with two attached hydrogens (primary N) is 1. The smallest absolute Gasteiger partial charge is 0.418 e. The highest BCUT2D eigenvalue weighted by atomic mass is 35.5. The number of nitrogens with one attached hydrogen (secondary N) is 2. The number of anilines is 1. The summed E-state index contributed by atoms with van der Waals surface area (Å²) in [6.45, 7) is 4.58. The average Bonchev–Trinajstić information content (AvgIpc) is 3.41. The molecule has 6 rings (SSSR count). The largest absolute Gasteiger partial charge is 0.436 e. The molecule has 1 aromatic heterocycles. The number of rotatable bonds is 6. The Morgan fingerprint density at radius 1 is 0.957 bits per heavy atom. The van der Waals surface area contributed by atoms with Crippen molar-refractivity contribution in [3.05, 3.63) is 63.0 Å². The Morgan fingerprint density at radius 3 is 2.32 bits per heavy atom. The van der Waals surface area contributed by atoms with E-state index in [1.54, 1.807) is 9.47 Å². The quantitative estimate of drug-likeness (QED) is 0.338. The molecule has 0 bridgehead atoms. The number of aromatic nitrogens is 2. The molecule has 3 aliphatic heterocycles. The number of aromatic amines is 1. The van der Waals surface area contributed by atoms with Gasteiger partial charge in [-0.05, 0) is 68.6 Å². The molecule has 2 amide bonds. The number of piperidine rings is 2. The summed E-state index contributed by atoms with van der Waals surface area (Å²) in [5.74, 6) is -0.468. The van der Waals surface area contributed by atoms with Crippen LogP contribution in [0.15, 0.2) is 41.2 Å². The van der Waals surface area contributed by atoms with Crippen LogP contribution in [0.1, 0.15) is 42.9 Å². The van der Waals surface area contributed by atoms with Crippen molar-refractivity contribution >= 4 is 40.3 Å². The summed E-state index contributed by atoms with van der Waals surface area (Å²) in [6, 6.07) is 9.82. The van der Waals surface area contributed by atoms with Gasteiger partial charge in [0.1, 0.15) is 0 Å². The van der Waals surface area contributed by atoms with Gasteiger partial charge in [0, 0.05) is 57.8 Å². The lowest BCUT2D eigenvalue weighted by Crippen LogP contribution is -2.56. The van der Waals surface area contributed by atoms with Crippen molar-refractivity contribution < 1.29 is 27.5 Å². The minimum atomic E-state index is -4.76. The van der Waals surface area contributed by atoms with Crippen molar-refractivity contribution in [2.24, 2.45) is 0 Å². The minimum absolute atomic E-state index is 0.0773. The molecular formula is C32H39ClF3N7O4. The molecule has 1 atom stereocenters. The van der Waals surface area contributed by atoms with Gasteiger partial charge in [0.25, 0.3) is 5.91 Å². The van der Waals surface area contributed by atoms with Crippen molar-refractivity contribution in [3.63, 3.8) is 0 Å². The Bertz CT molecular complexity index is 1660. The fourth-order valence-corrected chi connectivity index (χ4v) is 7.28. The highest BCUT2D eigenvalue weighted by Gasteiger charge is 2.37. The molecular weight excluding hydrogens is 639 g/mol. The lowest BCUT2D eigenvalue weighted by molar-refractivity contribution is -0.143. The van der Waals surface area contributed by atoms with E-state index in [0.29, 0.717) is 45.1 Å². The summed E-state index contributed by atoms with van der Waals surface area (Å²) < 4.78 is 48.8. The summed E-state index contributed by atoms with van der Waals surface area (Å²) in [7, 11) is 0. The number of halogens is 4. The van der Waals surface area contributed by atoms with E-state index in [-0.39, 0.29) is 41.8 Å². The van der Waals surface area contributed by atoms with Gasteiger partial charge in [-0.3, -0.25) is 14.3 Å². The number of benzene rings is 2. The minimum Gasteiger partial charge on any atom is -0.436 e. The van der Waals surface area contributed by atoms with Crippen molar-refractivity contribution in [2.75, 3.05) is 58.1 Å². The van der Waals surface area contributed by atoms with Crippen LogP contribution in [0, 0.1) is 0 Å². The third kappa shape index (κ3) is 7.24. The molecule has 4 N–H and O–H groups in total. The van der Waals surface area contributed by atoms with E-state index in [4.69, 9.17) is 22.1 Å². The fraction of sp³-hybridized carbons (Fsp3) is 0.531. The number of carbonyl (C=O) groups excluding carboxylic acids is 2. The Labute approximate surface area is 274 Å². The number of hydrogen-bond acceptors (Lipinski definition) is 7. The zero-order valence-electron chi connectivity index (χ0n) is 25.9. The number of hydrogen-bond donors (Lipinski definition) is 3. The van der Waals surface area contributed by atoms with Gasteiger partial charge in [0.2, 0.25) is 0 Å². The van der Waals surface area contributed by atoms with Gasteiger partial charge in [-0.15, -0.1) is 0 Å². The Balaban J connectivity index is 1.16. The van der Waals surface area contributed by atoms with Gasteiger partial charge >= 0.3 is 18.0 Å². The van der Waals surface area contributed by atoms with Crippen LogP contribution in [-0.2, 0) is 22.1 Å². The van der Waals surface area contributed by atoms with Crippen molar-refractivity contribution in [1.29, 1.82) is 0 Å². The first-order valence-electron chi connectivity index (χ1n) is 16.0. The molecule has 3 aliphatic rings. The predicted molar refractivity (Wildman–Crippen MR) is 171 cm³/mol. The van der Waals surface area contributed by atoms with Crippen LogP contribution >= 0.6 is 11.6 Å². The first kappa shape index (κ1) is 33.2. The summed E-state index contributed by atoms with van der Waals surface area (Å²) in [5.41, 5.74) is 5.29. The first-order valence-corrected chi connectivity index (χ1v) is 16.4. The maximum absolute atomic E-state index is 13.9. The fourth-order valence-electron chi connectivity index (χ4n) is 7.04. The van der Waals surface area contributed by atoms with Crippen LogP contribution < -0.4 is 16.7 Å². The lowest BCUT2D eigenvalue weighted by atomic mass is 10.0. The number of imidazole rings is 1. The molecule has 2 aromatic carbocycles. The molecule has 3 saturated heterocycles. The van der Waals surface area contributed by atoms with Gasteiger partial charge < -0.3 is 30.6 Å². The van der Waals surface area contributed by atoms with Crippen LogP contribution in [0.4, 0.5) is 23.7 Å². The highest BCUT2D eigenvalue weighted by molar-refractivity contribution is 6.33. The molecule has 3 fully saturated rings. The van der Waals surface area contributed by atoms with E-state index in [1.165, 1.54) is 11.0 Å². The lowest BCUT2D eigenvalue weighted by Gasteiger charge is -2.41.